The van der Waals surface area contributed by atoms with Gasteiger partial charge < -0.3 is 4.89 Å². The molecule has 0 saturated carbocycles. The highest BCUT2D eigenvalue weighted by Crippen LogP contribution is 2.44. The van der Waals surface area contributed by atoms with Crippen LogP contribution in [-0.2, 0) is 25.8 Å². The zero-order chi connectivity index (χ0) is 23.7. The maximum atomic E-state index is 12.4. The van der Waals surface area contributed by atoms with E-state index in [1.807, 2.05) is 84.9 Å². The monoisotopic (exact) mass is 473 g/mol. The average Bonchev–Trinajstić information content (AvgIpc) is 2.90. The maximum Gasteiger partial charge on any atom is 0.472 e. The molecule has 0 saturated heterocycles. The van der Waals surface area contributed by atoms with Gasteiger partial charge in [0.1, 0.15) is 0 Å². The van der Waals surface area contributed by atoms with E-state index in [4.69, 9.17) is 9.05 Å². The second-order valence-corrected chi connectivity index (χ2v) is 9.29. The molecule has 0 aliphatic rings. The summed E-state index contributed by atoms with van der Waals surface area (Å²) in [6.45, 7) is 0.318. The Kier molecular flexibility index (Phi) is 8.07. The van der Waals surface area contributed by atoms with E-state index in [1.165, 1.54) is 0 Å². The summed E-state index contributed by atoms with van der Waals surface area (Å²) in [6.07, 6.45) is 0. The maximum absolute atomic E-state index is 12.4. The zero-order valence-corrected chi connectivity index (χ0v) is 19.7. The third-order valence-electron chi connectivity index (χ3n) is 5.60. The number of phosphoric ester groups is 1. The molecule has 2 N–H and O–H groups in total. The van der Waals surface area contributed by atoms with Crippen LogP contribution in [0.3, 0.4) is 0 Å². The van der Waals surface area contributed by atoms with Crippen LogP contribution in [-0.4, -0.2) is 18.0 Å². The van der Waals surface area contributed by atoms with E-state index >= 15 is 0 Å². The molecule has 0 aromatic heterocycles. The Hall–Kier alpha value is -3.05. The number of nitrogens with one attached hydrogen (secondary N) is 1. The molecule has 0 aliphatic carbocycles. The van der Waals surface area contributed by atoms with Crippen LogP contribution >= 0.6 is 7.82 Å². The minimum absolute atomic E-state index is 0.00316. The Morgan fingerprint density at radius 2 is 1.06 bits per heavy atom. The topological polar surface area (TPSA) is 67.8 Å². The molecule has 34 heavy (non-hydrogen) atoms. The van der Waals surface area contributed by atoms with Gasteiger partial charge in [-0.25, -0.2) is 4.57 Å². The first-order chi connectivity index (χ1) is 16.6. The van der Waals surface area contributed by atoms with Crippen molar-refractivity contribution in [2.45, 2.75) is 12.1 Å². The number of phosphoric acid groups is 1. The highest BCUT2D eigenvalue weighted by molar-refractivity contribution is 7.47. The molecule has 1 unspecified atom stereocenters. The number of hydrogen-bond donors (Lipinski definition) is 2. The van der Waals surface area contributed by atoms with Gasteiger partial charge in [-0.2, -0.15) is 0 Å². The summed E-state index contributed by atoms with van der Waals surface area (Å²) in [5, 5.41) is 3.62. The first-order valence-electron chi connectivity index (χ1n) is 11.2. The van der Waals surface area contributed by atoms with Crippen LogP contribution < -0.4 is 5.32 Å². The largest absolute Gasteiger partial charge is 0.472 e. The lowest BCUT2D eigenvalue weighted by Gasteiger charge is -2.37. The number of hydrogen-bond acceptors (Lipinski definition) is 4. The molecule has 0 fully saturated rings. The van der Waals surface area contributed by atoms with Crippen LogP contribution in [0.4, 0.5) is 0 Å². The highest BCUT2D eigenvalue weighted by atomic mass is 31.2. The van der Waals surface area contributed by atoms with Crippen LogP contribution in [0.15, 0.2) is 121 Å². The summed E-state index contributed by atoms with van der Waals surface area (Å²) in [7, 11) is -4.20. The van der Waals surface area contributed by atoms with E-state index < -0.39 is 13.4 Å². The lowest BCUT2D eigenvalue weighted by Crippen LogP contribution is -2.46. The Balaban J connectivity index is 1.53. The fourth-order valence-corrected chi connectivity index (χ4v) is 4.75. The Morgan fingerprint density at radius 1 is 0.647 bits per heavy atom. The molecule has 4 aromatic rings. The van der Waals surface area contributed by atoms with Crippen molar-refractivity contribution in [3.63, 3.8) is 0 Å². The van der Waals surface area contributed by atoms with Gasteiger partial charge in [0.15, 0.2) is 0 Å². The summed E-state index contributed by atoms with van der Waals surface area (Å²) in [6, 6.07) is 39.7. The lowest BCUT2D eigenvalue weighted by atomic mass is 9.77. The number of benzene rings is 4. The molecular formula is C28H28NO4P. The third-order valence-corrected chi connectivity index (χ3v) is 6.57. The van der Waals surface area contributed by atoms with Crippen molar-refractivity contribution in [2.24, 2.45) is 0 Å². The summed E-state index contributed by atoms with van der Waals surface area (Å²) in [5.41, 5.74) is 3.30. The molecule has 0 amide bonds. The highest BCUT2D eigenvalue weighted by Gasteiger charge is 2.35. The molecule has 0 radical (unpaired) electrons. The predicted octanol–water partition coefficient (Wildman–Crippen LogP) is 5.90. The molecule has 6 heteroatoms. The van der Waals surface area contributed by atoms with Gasteiger partial charge in [-0.15, -0.1) is 0 Å². The van der Waals surface area contributed by atoms with Crippen LogP contribution in [0.5, 0.6) is 0 Å². The van der Waals surface area contributed by atoms with Crippen molar-refractivity contribution in [1.29, 1.82) is 0 Å². The summed E-state index contributed by atoms with van der Waals surface area (Å²) >= 11 is 0. The van der Waals surface area contributed by atoms with E-state index in [0.717, 1.165) is 22.3 Å². The minimum Gasteiger partial charge on any atom is -0.302 e. The predicted molar refractivity (Wildman–Crippen MR) is 134 cm³/mol. The van der Waals surface area contributed by atoms with Gasteiger partial charge in [-0.05, 0) is 22.3 Å². The first-order valence-corrected chi connectivity index (χ1v) is 12.7. The molecule has 0 heterocycles. The quantitative estimate of drug-likeness (QED) is 0.161. The van der Waals surface area contributed by atoms with Crippen molar-refractivity contribution >= 4 is 7.82 Å². The molecule has 4 rings (SSSR count). The third kappa shape index (κ3) is 5.89. The minimum atomic E-state index is -4.20. The van der Waals surface area contributed by atoms with Gasteiger partial charge >= 0.3 is 7.82 Å². The van der Waals surface area contributed by atoms with Crippen molar-refractivity contribution in [3.05, 3.63) is 144 Å². The molecule has 0 spiro atoms. The molecule has 5 nitrogen and oxygen atoms in total. The van der Waals surface area contributed by atoms with E-state index in [-0.39, 0.29) is 13.2 Å². The Morgan fingerprint density at radius 3 is 1.50 bits per heavy atom. The van der Waals surface area contributed by atoms with Crippen molar-refractivity contribution in [2.75, 3.05) is 13.2 Å². The molecule has 4 aromatic carbocycles. The Bertz CT molecular complexity index is 1090. The van der Waals surface area contributed by atoms with Gasteiger partial charge in [0.05, 0.1) is 18.8 Å². The van der Waals surface area contributed by atoms with Gasteiger partial charge in [0, 0.05) is 6.54 Å². The fourth-order valence-electron chi connectivity index (χ4n) is 4.04. The summed E-state index contributed by atoms with van der Waals surface area (Å²) in [5.74, 6) is 0. The molecule has 174 valence electrons. The molecule has 1 atom stereocenters. The first kappa shape index (κ1) is 24.1. The van der Waals surface area contributed by atoms with Crippen molar-refractivity contribution in [3.8, 4) is 0 Å². The van der Waals surface area contributed by atoms with Crippen LogP contribution in [0, 0.1) is 0 Å². The fraction of sp³-hybridized carbons (Fsp3) is 0.143. The second kappa shape index (κ2) is 11.4. The Labute approximate surface area is 200 Å². The van der Waals surface area contributed by atoms with Crippen LogP contribution in [0.1, 0.15) is 22.3 Å². The van der Waals surface area contributed by atoms with Gasteiger partial charge in [-0.1, -0.05) is 121 Å². The number of rotatable bonds is 11. The smallest absolute Gasteiger partial charge is 0.302 e. The van der Waals surface area contributed by atoms with E-state index in [0.29, 0.717) is 6.54 Å². The second-order valence-electron chi connectivity index (χ2n) is 7.84. The van der Waals surface area contributed by atoms with Crippen molar-refractivity contribution < 1.29 is 18.5 Å². The zero-order valence-electron chi connectivity index (χ0n) is 18.8. The molecule has 0 bridgehead atoms. The van der Waals surface area contributed by atoms with Crippen LogP contribution in [0.2, 0.25) is 0 Å². The van der Waals surface area contributed by atoms with E-state index in [9.17, 15) is 9.46 Å². The van der Waals surface area contributed by atoms with Crippen LogP contribution in [0.25, 0.3) is 0 Å². The summed E-state index contributed by atoms with van der Waals surface area (Å²) < 4.78 is 22.8. The van der Waals surface area contributed by atoms with Gasteiger partial charge in [-0.3, -0.25) is 14.4 Å². The standard InChI is InChI=1S/C28H28NO4P/c30-34(31,33-23-24-13-5-1-6-14-24)32-22-21-29-28(25-15-7-2-8-16-25,26-17-9-3-10-18-26)27-19-11-4-12-20-27/h1-20,29H,21-23H2,(H,30,31). The molecular weight excluding hydrogens is 445 g/mol. The van der Waals surface area contributed by atoms with Crippen molar-refractivity contribution in [1.82, 2.24) is 5.32 Å². The van der Waals surface area contributed by atoms with Gasteiger partial charge in [0.2, 0.25) is 0 Å². The SMILES string of the molecule is O=P(O)(OCCNC(c1ccccc1)(c1ccccc1)c1ccccc1)OCc1ccccc1. The van der Waals surface area contributed by atoms with Gasteiger partial charge in [0.25, 0.3) is 0 Å². The van der Waals surface area contributed by atoms with E-state index in [2.05, 4.69) is 41.7 Å². The lowest BCUT2D eigenvalue weighted by molar-refractivity contribution is 0.142. The molecule has 0 aliphatic heterocycles. The van der Waals surface area contributed by atoms with E-state index in [1.54, 1.807) is 0 Å². The normalized spacial score (nSPS) is 13.3. The average molecular weight is 474 g/mol. The summed E-state index contributed by atoms with van der Waals surface area (Å²) in [4.78, 5) is 10.1.